The number of imidazole rings is 1. The first-order chi connectivity index (χ1) is 20.8. The summed E-state index contributed by atoms with van der Waals surface area (Å²) in [5.74, 6) is 1.04. The molecule has 216 valence electrons. The normalized spacial score (nSPS) is 14.9. The smallest absolute Gasteiger partial charge is 0.286 e. The highest BCUT2D eigenvalue weighted by molar-refractivity contribution is 8.15. The molecule has 0 radical (unpaired) electrons. The van der Waals surface area contributed by atoms with E-state index in [9.17, 15) is 18.4 Å². The number of benzene rings is 4. The number of carbonyl (C=O) groups excluding carboxylic acids is 2. The van der Waals surface area contributed by atoms with Gasteiger partial charge in [-0.05, 0) is 72.6 Å². The zero-order valence-corrected chi connectivity index (χ0v) is 23.6. The van der Waals surface area contributed by atoms with Crippen molar-refractivity contribution in [2.24, 2.45) is 12.0 Å². The summed E-state index contributed by atoms with van der Waals surface area (Å²) in [7, 11) is 1.91. The lowest BCUT2D eigenvalue weighted by Crippen LogP contribution is -2.25. The summed E-state index contributed by atoms with van der Waals surface area (Å²) in [4.78, 5) is 32.1. The van der Waals surface area contributed by atoms with Crippen LogP contribution in [-0.4, -0.2) is 32.2 Å². The van der Waals surface area contributed by atoms with Gasteiger partial charge in [-0.15, -0.1) is 0 Å². The molecule has 5 aromatic rings. The summed E-state index contributed by atoms with van der Waals surface area (Å²) in [5.41, 5.74) is 3.39. The first kappa shape index (κ1) is 28.1. The number of hydrogen-bond acceptors (Lipinski definition) is 7. The molecule has 1 unspecified atom stereocenters. The van der Waals surface area contributed by atoms with Gasteiger partial charge in [-0.1, -0.05) is 23.9 Å². The molecule has 6 rings (SSSR count). The van der Waals surface area contributed by atoms with E-state index in [1.807, 2.05) is 54.1 Å². The van der Waals surface area contributed by atoms with E-state index < -0.39 is 16.9 Å². The van der Waals surface area contributed by atoms with Gasteiger partial charge in [-0.2, -0.15) is 0 Å². The third kappa shape index (κ3) is 6.57. The van der Waals surface area contributed by atoms with Crippen molar-refractivity contribution >= 4 is 45.8 Å². The van der Waals surface area contributed by atoms with Crippen LogP contribution in [0.3, 0.4) is 0 Å². The predicted molar refractivity (Wildman–Crippen MR) is 160 cm³/mol. The zero-order valence-electron chi connectivity index (χ0n) is 22.8. The standard InChI is InChI=1S/C32H24F2N4O4S/c1-38-28-16-25(42-24-10-6-22(7-11-24)35-17-20-4-5-21(33)15-26(20)34)12-13-27(28)36-30(38)18-41-23-8-2-19(3-9-23)14-29-31(39)37-32(40)43-29/h2-13,15-17,29H,14,18H2,1H3,(H,37,39,40). The molecule has 0 spiro atoms. The van der Waals surface area contributed by atoms with Crippen molar-refractivity contribution in [1.82, 2.24) is 14.9 Å². The zero-order chi connectivity index (χ0) is 29.9. The van der Waals surface area contributed by atoms with Crippen LogP contribution in [0.15, 0.2) is 89.9 Å². The number of ether oxygens (including phenoxy) is 2. The Balaban J connectivity index is 1.07. The number of amides is 2. The summed E-state index contributed by atoms with van der Waals surface area (Å²) in [6.07, 6.45) is 1.81. The number of aromatic nitrogens is 2. The number of carbonyl (C=O) groups is 2. The third-order valence-corrected chi connectivity index (χ3v) is 7.79. The fourth-order valence-electron chi connectivity index (χ4n) is 4.51. The minimum Gasteiger partial charge on any atom is -0.486 e. The van der Waals surface area contributed by atoms with Gasteiger partial charge in [0.15, 0.2) is 0 Å². The lowest BCUT2D eigenvalue weighted by Gasteiger charge is -2.09. The molecule has 1 aliphatic rings. The van der Waals surface area contributed by atoms with Crippen LogP contribution < -0.4 is 14.8 Å². The van der Waals surface area contributed by atoms with E-state index >= 15 is 0 Å². The molecule has 1 N–H and O–H groups in total. The monoisotopic (exact) mass is 598 g/mol. The van der Waals surface area contributed by atoms with Crippen molar-refractivity contribution in [3.05, 3.63) is 114 Å². The molecule has 4 aromatic carbocycles. The highest BCUT2D eigenvalue weighted by atomic mass is 32.2. The van der Waals surface area contributed by atoms with Crippen LogP contribution in [0.5, 0.6) is 17.2 Å². The summed E-state index contributed by atoms with van der Waals surface area (Å²) in [5, 5.41) is 1.58. The van der Waals surface area contributed by atoms with Crippen LogP contribution in [0.25, 0.3) is 11.0 Å². The number of hydrogen-bond donors (Lipinski definition) is 1. The molecule has 1 aliphatic heterocycles. The number of thioether (sulfide) groups is 1. The highest BCUT2D eigenvalue weighted by Gasteiger charge is 2.31. The molecule has 2 amide bonds. The fourth-order valence-corrected chi connectivity index (χ4v) is 5.37. The molecule has 8 nitrogen and oxygen atoms in total. The molecule has 43 heavy (non-hydrogen) atoms. The number of halogens is 2. The van der Waals surface area contributed by atoms with Crippen LogP contribution in [0.2, 0.25) is 0 Å². The van der Waals surface area contributed by atoms with Gasteiger partial charge >= 0.3 is 0 Å². The Morgan fingerprint density at radius 2 is 1.70 bits per heavy atom. The number of aryl methyl sites for hydroxylation is 1. The summed E-state index contributed by atoms with van der Waals surface area (Å²) in [6.45, 7) is 0.250. The average Bonchev–Trinajstić information content (AvgIpc) is 3.49. The maximum Gasteiger partial charge on any atom is 0.286 e. The van der Waals surface area contributed by atoms with Crippen molar-refractivity contribution in [3.8, 4) is 17.2 Å². The summed E-state index contributed by atoms with van der Waals surface area (Å²) >= 11 is 1.01. The second kappa shape index (κ2) is 12.1. The molecule has 2 heterocycles. The molecular weight excluding hydrogens is 574 g/mol. The van der Waals surface area contributed by atoms with Crippen molar-refractivity contribution in [2.75, 3.05) is 0 Å². The van der Waals surface area contributed by atoms with Crippen LogP contribution in [-0.2, 0) is 24.9 Å². The van der Waals surface area contributed by atoms with Crippen LogP contribution >= 0.6 is 11.8 Å². The Morgan fingerprint density at radius 3 is 2.42 bits per heavy atom. The SMILES string of the molecule is Cn1c(COc2ccc(CC3SC(=O)NC3=O)cc2)nc2ccc(Oc3ccc(N=Cc4ccc(F)cc4F)cc3)cc21. The van der Waals surface area contributed by atoms with Gasteiger partial charge in [0.05, 0.1) is 22.0 Å². The van der Waals surface area contributed by atoms with Crippen LogP contribution in [0.1, 0.15) is 17.0 Å². The first-order valence-corrected chi connectivity index (χ1v) is 14.1. The molecule has 0 aliphatic carbocycles. The third-order valence-electron chi connectivity index (χ3n) is 6.81. The maximum absolute atomic E-state index is 13.8. The van der Waals surface area contributed by atoms with Crippen LogP contribution in [0, 0.1) is 11.6 Å². The average molecular weight is 599 g/mol. The Labute approximate surface area is 249 Å². The van der Waals surface area contributed by atoms with Crippen molar-refractivity contribution in [2.45, 2.75) is 18.3 Å². The second-order valence-corrected chi connectivity index (χ2v) is 11.0. The van der Waals surface area contributed by atoms with Crippen molar-refractivity contribution < 1.29 is 27.8 Å². The quantitative estimate of drug-likeness (QED) is 0.186. The minimum absolute atomic E-state index is 0.194. The van der Waals surface area contributed by atoms with E-state index in [1.54, 1.807) is 24.3 Å². The largest absolute Gasteiger partial charge is 0.486 e. The molecule has 0 saturated carbocycles. The van der Waals surface area contributed by atoms with Gasteiger partial charge in [0.1, 0.15) is 41.3 Å². The maximum atomic E-state index is 13.8. The van der Waals surface area contributed by atoms with E-state index in [2.05, 4.69) is 15.3 Å². The number of imide groups is 1. The predicted octanol–water partition coefficient (Wildman–Crippen LogP) is 6.87. The number of nitrogens with one attached hydrogen (secondary N) is 1. The van der Waals surface area contributed by atoms with E-state index in [-0.39, 0.29) is 23.3 Å². The van der Waals surface area contributed by atoms with E-state index in [0.29, 0.717) is 29.4 Å². The molecule has 1 aromatic heterocycles. The second-order valence-electron chi connectivity index (χ2n) is 9.78. The van der Waals surface area contributed by atoms with Crippen LogP contribution in [0.4, 0.5) is 19.3 Å². The first-order valence-electron chi connectivity index (χ1n) is 13.3. The summed E-state index contributed by atoms with van der Waals surface area (Å²) in [6, 6.07) is 23.4. The van der Waals surface area contributed by atoms with Crippen molar-refractivity contribution in [3.63, 3.8) is 0 Å². The number of fused-ring (bicyclic) bond motifs is 1. The van der Waals surface area contributed by atoms with E-state index in [1.165, 1.54) is 18.3 Å². The van der Waals surface area contributed by atoms with Gasteiger partial charge in [0.25, 0.3) is 5.24 Å². The molecule has 1 atom stereocenters. The van der Waals surface area contributed by atoms with Gasteiger partial charge < -0.3 is 14.0 Å². The molecule has 0 bridgehead atoms. The number of aliphatic imine (C=N–C) groups is 1. The highest BCUT2D eigenvalue weighted by Crippen LogP contribution is 2.28. The molecule has 11 heteroatoms. The Kier molecular flexibility index (Phi) is 7.89. The molecule has 1 saturated heterocycles. The van der Waals surface area contributed by atoms with Crippen molar-refractivity contribution in [1.29, 1.82) is 0 Å². The van der Waals surface area contributed by atoms with Gasteiger partial charge in [-0.3, -0.25) is 19.9 Å². The fraction of sp³-hybridized carbons (Fsp3) is 0.125. The Morgan fingerprint density at radius 1 is 0.953 bits per heavy atom. The topological polar surface area (TPSA) is 94.8 Å². The van der Waals surface area contributed by atoms with Gasteiger partial charge in [0, 0.05) is 31.0 Å². The minimum atomic E-state index is -0.676. The number of rotatable bonds is 9. The van der Waals surface area contributed by atoms with E-state index in [4.69, 9.17) is 9.47 Å². The Bertz CT molecular complexity index is 1860. The van der Waals surface area contributed by atoms with Gasteiger partial charge in [-0.25, -0.2) is 13.8 Å². The summed E-state index contributed by atoms with van der Waals surface area (Å²) < 4.78 is 40.9. The lowest BCUT2D eigenvalue weighted by atomic mass is 10.1. The number of nitrogens with zero attached hydrogens (tertiary/aromatic N) is 3. The van der Waals surface area contributed by atoms with E-state index in [0.717, 1.165) is 40.2 Å². The molecule has 1 fully saturated rings. The lowest BCUT2D eigenvalue weighted by molar-refractivity contribution is -0.118. The van der Waals surface area contributed by atoms with Gasteiger partial charge in [0.2, 0.25) is 5.91 Å². The Hall–Kier alpha value is -5.03. The molecular formula is C32H24F2N4O4S.